The van der Waals surface area contributed by atoms with Crippen molar-refractivity contribution in [2.75, 3.05) is 19.0 Å². The molecule has 1 aliphatic carbocycles. The Bertz CT molecular complexity index is 845. The molecule has 1 aliphatic rings. The number of methoxy groups -OCH3 is 1. The summed E-state index contributed by atoms with van der Waals surface area (Å²) in [5, 5.41) is 5.28. The summed E-state index contributed by atoms with van der Waals surface area (Å²) in [4.78, 5) is 24.7. The van der Waals surface area contributed by atoms with Gasteiger partial charge >= 0.3 is 5.97 Å². The number of carbonyl (C=O) groups excluding carboxylic acids is 2. The molecule has 1 N–H and O–H groups in total. The van der Waals surface area contributed by atoms with Crippen molar-refractivity contribution in [2.45, 2.75) is 38.5 Å². The molecule has 0 saturated heterocycles. The van der Waals surface area contributed by atoms with E-state index < -0.39 is 11.8 Å². The Morgan fingerprint density at radius 3 is 2.74 bits per heavy atom. The van der Waals surface area contributed by atoms with E-state index in [1.807, 2.05) is 5.38 Å². The Morgan fingerprint density at radius 1 is 1.33 bits per heavy atom. The molecule has 7 heteroatoms. The number of nitrogens with one attached hydrogen (secondary N) is 1. The number of anilines is 1. The van der Waals surface area contributed by atoms with Crippen molar-refractivity contribution in [2.24, 2.45) is 0 Å². The molecule has 0 spiro atoms. The second-order valence-electron chi connectivity index (χ2n) is 6.41. The SMILES string of the molecule is CCOC(=O)c1c(C2CC2)csc1NC(=O)CCc1ccc(OC)c(F)c1. The van der Waals surface area contributed by atoms with Crippen LogP contribution >= 0.6 is 11.3 Å². The van der Waals surface area contributed by atoms with Gasteiger partial charge in [-0.3, -0.25) is 4.79 Å². The number of benzene rings is 1. The summed E-state index contributed by atoms with van der Waals surface area (Å²) in [5.74, 6) is -0.511. The highest BCUT2D eigenvalue weighted by molar-refractivity contribution is 7.15. The Kier molecular flexibility index (Phi) is 6.11. The highest BCUT2D eigenvalue weighted by Crippen LogP contribution is 2.46. The van der Waals surface area contributed by atoms with Gasteiger partial charge in [0.25, 0.3) is 0 Å². The summed E-state index contributed by atoms with van der Waals surface area (Å²) >= 11 is 1.35. The van der Waals surface area contributed by atoms with Gasteiger partial charge in [-0.1, -0.05) is 6.07 Å². The second kappa shape index (κ2) is 8.52. The van der Waals surface area contributed by atoms with Crippen molar-refractivity contribution < 1.29 is 23.5 Å². The summed E-state index contributed by atoms with van der Waals surface area (Å²) in [5.41, 5.74) is 2.15. The fourth-order valence-corrected chi connectivity index (χ4v) is 3.93. The molecule has 27 heavy (non-hydrogen) atoms. The first-order valence-electron chi connectivity index (χ1n) is 8.94. The Labute approximate surface area is 161 Å². The number of carbonyl (C=O) groups is 2. The zero-order valence-electron chi connectivity index (χ0n) is 15.3. The molecule has 2 aromatic rings. The number of rotatable bonds is 8. The average Bonchev–Trinajstić information content (AvgIpc) is 3.41. The van der Waals surface area contributed by atoms with E-state index in [-0.39, 0.29) is 24.7 Å². The van der Waals surface area contributed by atoms with E-state index in [4.69, 9.17) is 9.47 Å². The van der Waals surface area contributed by atoms with E-state index in [1.54, 1.807) is 19.1 Å². The predicted molar refractivity (Wildman–Crippen MR) is 102 cm³/mol. The minimum atomic E-state index is -0.452. The molecule has 144 valence electrons. The van der Waals surface area contributed by atoms with Crippen LogP contribution in [0.4, 0.5) is 9.39 Å². The second-order valence-corrected chi connectivity index (χ2v) is 7.29. The Balaban J connectivity index is 1.65. The van der Waals surface area contributed by atoms with E-state index >= 15 is 0 Å². The molecular weight excluding hydrogens is 369 g/mol. The third kappa shape index (κ3) is 4.66. The summed E-state index contributed by atoms with van der Waals surface area (Å²) in [6.45, 7) is 2.04. The molecule has 1 aromatic carbocycles. The number of aryl methyl sites for hydroxylation is 1. The van der Waals surface area contributed by atoms with Crippen molar-refractivity contribution in [3.05, 3.63) is 46.1 Å². The fourth-order valence-electron chi connectivity index (χ4n) is 2.88. The fraction of sp³-hybridized carbons (Fsp3) is 0.400. The number of amides is 1. The molecule has 0 aliphatic heterocycles. The first-order chi connectivity index (χ1) is 13.0. The lowest BCUT2D eigenvalue weighted by molar-refractivity contribution is -0.116. The highest BCUT2D eigenvalue weighted by atomic mass is 32.1. The summed E-state index contributed by atoms with van der Waals surface area (Å²) < 4.78 is 23.8. The summed E-state index contributed by atoms with van der Waals surface area (Å²) in [7, 11) is 1.41. The number of halogens is 1. The van der Waals surface area contributed by atoms with Gasteiger partial charge in [0.1, 0.15) is 5.00 Å². The van der Waals surface area contributed by atoms with Gasteiger partial charge in [-0.25, -0.2) is 9.18 Å². The molecule has 3 rings (SSSR count). The van der Waals surface area contributed by atoms with Crippen LogP contribution in [0.1, 0.15) is 53.6 Å². The molecule has 1 fully saturated rings. The summed E-state index contributed by atoms with van der Waals surface area (Å²) in [6, 6.07) is 4.64. The minimum Gasteiger partial charge on any atom is -0.494 e. The monoisotopic (exact) mass is 391 g/mol. The Morgan fingerprint density at radius 2 is 2.11 bits per heavy atom. The molecule has 1 heterocycles. The first-order valence-corrected chi connectivity index (χ1v) is 9.82. The van der Waals surface area contributed by atoms with Gasteiger partial charge in [0, 0.05) is 6.42 Å². The van der Waals surface area contributed by atoms with Crippen LogP contribution in [-0.4, -0.2) is 25.6 Å². The van der Waals surface area contributed by atoms with Crippen molar-refractivity contribution in [3.63, 3.8) is 0 Å². The van der Waals surface area contributed by atoms with Gasteiger partial charge in [-0.2, -0.15) is 0 Å². The maximum atomic E-state index is 13.7. The smallest absolute Gasteiger partial charge is 0.341 e. The number of hydrogen-bond donors (Lipinski definition) is 1. The summed E-state index contributed by atoms with van der Waals surface area (Å²) in [6.07, 6.45) is 2.69. The normalized spacial score (nSPS) is 13.3. The van der Waals surface area contributed by atoms with Crippen LogP contribution in [0, 0.1) is 5.82 Å². The van der Waals surface area contributed by atoms with Gasteiger partial charge < -0.3 is 14.8 Å². The van der Waals surface area contributed by atoms with E-state index in [0.717, 1.165) is 18.4 Å². The van der Waals surface area contributed by atoms with Gasteiger partial charge in [0.05, 0.1) is 19.3 Å². The van der Waals surface area contributed by atoms with Crippen LogP contribution in [-0.2, 0) is 16.0 Å². The molecule has 1 amide bonds. The number of esters is 1. The number of thiophene rings is 1. The van der Waals surface area contributed by atoms with E-state index in [2.05, 4.69) is 5.32 Å². The van der Waals surface area contributed by atoms with Crippen LogP contribution in [0.15, 0.2) is 23.6 Å². The molecular formula is C20H22FNO4S. The van der Waals surface area contributed by atoms with E-state index in [9.17, 15) is 14.0 Å². The highest BCUT2D eigenvalue weighted by Gasteiger charge is 2.32. The minimum absolute atomic E-state index is 0.175. The maximum absolute atomic E-state index is 13.7. The standard InChI is InChI=1S/C20H22FNO4S/c1-3-26-20(24)18-14(13-6-7-13)11-27-19(18)22-17(23)9-5-12-4-8-16(25-2)15(21)10-12/h4,8,10-11,13H,3,5-7,9H2,1-2H3,(H,22,23). The zero-order valence-corrected chi connectivity index (χ0v) is 16.2. The van der Waals surface area contributed by atoms with Crippen molar-refractivity contribution >= 4 is 28.2 Å². The van der Waals surface area contributed by atoms with Crippen LogP contribution in [0.3, 0.4) is 0 Å². The van der Waals surface area contributed by atoms with Gasteiger partial charge in [-0.15, -0.1) is 11.3 Å². The van der Waals surface area contributed by atoms with Crippen LogP contribution in [0.2, 0.25) is 0 Å². The van der Waals surface area contributed by atoms with Gasteiger partial charge in [-0.05, 0) is 60.7 Å². The third-order valence-corrected chi connectivity index (χ3v) is 5.34. The van der Waals surface area contributed by atoms with E-state index in [0.29, 0.717) is 28.5 Å². The first kappa shape index (κ1) is 19.4. The molecule has 0 bridgehead atoms. The van der Waals surface area contributed by atoms with Gasteiger partial charge in [0.2, 0.25) is 5.91 Å². The molecule has 0 atom stereocenters. The van der Waals surface area contributed by atoms with Crippen LogP contribution in [0.25, 0.3) is 0 Å². The van der Waals surface area contributed by atoms with Gasteiger partial charge in [0.15, 0.2) is 11.6 Å². The van der Waals surface area contributed by atoms with Crippen molar-refractivity contribution in [3.8, 4) is 5.75 Å². The topological polar surface area (TPSA) is 64.6 Å². The zero-order chi connectivity index (χ0) is 19.4. The number of ether oxygens (including phenoxy) is 2. The molecule has 0 radical (unpaired) electrons. The molecule has 1 aromatic heterocycles. The van der Waals surface area contributed by atoms with E-state index in [1.165, 1.54) is 24.5 Å². The van der Waals surface area contributed by atoms with Crippen LogP contribution in [0.5, 0.6) is 5.75 Å². The van der Waals surface area contributed by atoms with Crippen molar-refractivity contribution in [1.82, 2.24) is 0 Å². The largest absolute Gasteiger partial charge is 0.494 e. The lowest BCUT2D eigenvalue weighted by Gasteiger charge is -2.09. The predicted octanol–water partition coefficient (Wildman–Crippen LogP) is 4.52. The quantitative estimate of drug-likeness (QED) is 0.672. The van der Waals surface area contributed by atoms with Crippen LogP contribution < -0.4 is 10.1 Å². The maximum Gasteiger partial charge on any atom is 0.341 e. The Hall–Kier alpha value is -2.41. The third-order valence-electron chi connectivity index (χ3n) is 4.43. The molecule has 1 saturated carbocycles. The lowest BCUT2D eigenvalue weighted by Crippen LogP contribution is -2.15. The average molecular weight is 391 g/mol. The molecule has 5 nitrogen and oxygen atoms in total. The lowest BCUT2D eigenvalue weighted by atomic mass is 10.1. The van der Waals surface area contributed by atoms with Crippen molar-refractivity contribution in [1.29, 1.82) is 0 Å². The number of hydrogen-bond acceptors (Lipinski definition) is 5. The molecule has 0 unspecified atom stereocenters.